The van der Waals surface area contributed by atoms with E-state index in [1.165, 1.54) is 4.90 Å². The number of aromatic amines is 1. The van der Waals surface area contributed by atoms with E-state index in [2.05, 4.69) is 44.1 Å². The number of fused-ring (bicyclic) bond motifs is 1. The average Bonchev–Trinajstić information content (AvgIpc) is 3.22. The number of nitrogens with zero attached hydrogens (tertiary/aromatic N) is 4. The maximum atomic E-state index is 12.3. The second kappa shape index (κ2) is 10.3. The zero-order valence-electron chi connectivity index (χ0n) is 21.7. The largest absolute Gasteiger partial charge is 0.489 e. The SMILES string of the molecule is CN(CCOc1cnccc1-c1[nH]c2cccnc2c1-c1ccc(N(C)C)cc1)C(=O)OC(C)(C)C. The van der Waals surface area contributed by atoms with E-state index in [0.717, 1.165) is 39.1 Å². The van der Waals surface area contributed by atoms with Gasteiger partial charge in [0.15, 0.2) is 0 Å². The number of ether oxygens (including phenoxy) is 2. The first kappa shape index (κ1) is 25.0. The smallest absolute Gasteiger partial charge is 0.410 e. The summed E-state index contributed by atoms with van der Waals surface area (Å²) in [5.41, 5.74) is 6.21. The summed E-state index contributed by atoms with van der Waals surface area (Å²) < 4.78 is 11.5. The zero-order chi connectivity index (χ0) is 25.9. The second-order valence-electron chi connectivity index (χ2n) is 9.84. The predicted octanol–water partition coefficient (Wildman–Crippen LogP) is 5.60. The molecule has 0 atom stereocenters. The molecule has 1 N–H and O–H groups in total. The minimum Gasteiger partial charge on any atom is -0.489 e. The van der Waals surface area contributed by atoms with Gasteiger partial charge in [-0.05, 0) is 56.7 Å². The highest BCUT2D eigenvalue weighted by Gasteiger charge is 2.21. The van der Waals surface area contributed by atoms with Gasteiger partial charge in [0.25, 0.3) is 0 Å². The van der Waals surface area contributed by atoms with E-state index in [1.807, 2.05) is 53.1 Å². The summed E-state index contributed by atoms with van der Waals surface area (Å²) in [6, 6.07) is 14.3. The van der Waals surface area contributed by atoms with Crippen LogP contribution in [-0.4, -0.2) is 65.8 Å². The first-order valence-corrected chi connectivity index (χ1v) is 11.9. The molecule has 4 rings (SSSR count). The molecule has 0 bridgehead atoms. The summed E-state index contributed by atoms with van der Waals surface area (Å²) in [5.74, 6) is 0.618. The standard InChI is InChI=1S/C28H33N5O3/c1-28(2,3)36-27(34)33(6)16-17-35-23-18-29-15-13-21(23)25-24(26-22(31-25)8-7-14-30-26)19-9-11-20(12-10-19)32(4)5/h7-15,18,31H,16-17H2,1-6H3. The van der Waals surface area contributed by atoms with Gasteiger partial charge >= 0.3 is 6.09 Å². The molecule has 3 heterocycles. The highest BCUT2D eigenvalue weighted by molar-refractivity contribution is 6.02. The van der Waals surface area contributed by atoms with Gasteiger partial charge in [-0.25, -0.2) is 4.79 Å². The first-order valence-electron chi connectivity index (χ1n) is 11.9. The van der Waals surface area contributed by atoms with Gasteiger partial charge in [-0.2, -0.15) is 0 Å². The fraction of sp³-hybridized carbons (Fsp3) is 0.321. The van der Waals surface area contributed by atoms with Crippen LogP contribution >= 0.6 is 0 Å². The Kier molecular flexibility index (Phi) is 7.15. The lowest BCUT2D eigenvalue weighted by Gasteiger charge is -2.24. The van der Waals surface area contributed by atoms with Crippen LogP contribution in [0, 0.1) is 0 Å². The Labute approximate surface area is 211 Å². The van der Waals surface area contributed by atoms with Crippen molar-refractivity contribution in [3.63, 3.8) is 0 Å². The summed E-state index contributed by atoms with van der Waals surface area (Å²) in [7, 11) is 5.74. The molecule has 0 fully saturated rings. The van der Waals surface area contributed by atoms with E-state index in [4.69, 9.17) is 9.47 Å². The van der Waals surface area contributed by atoms with Crippen molar-refractivity contribution in [1.29, 1.82) is 0 Å². The quantitative estimate of drug-likeness (QED) is 0.365. The van der Waals surface area contributed by atoms with E-state index in [1.54, 1.807) is 25.6 Å². The number of amides is 1. The molecule has 0 spiro atoms. The molecule has 1 amide bonds. The minimum absolute atomic E-state index is 0.291. The third-order valence-corrected chi connectivity index (χ3v) is 5.67. The molecule has 188 valence electrons. The van der Waals surface area contributed by atoms with Gasteiger partial charge in [-0.15, -0.1) is 0 Å². The van der Waals surface area contributed by atoms with Crippen LogP contribution in [0.5, 0.6) is 5.75 Å². The Balaban J connectivity index is 1.64. The number of rotatable bonds is 7. The maximum Gasteiger partial charge on any atom is 0.410 e. The van der Waals surface area contributed by atoms with E-state index < -0.39 is 5.60 Å². The number of anilines is 1. The Morgan fingerprint density at radius 3 is 2.47 bits per heavy atom. The highest BCUT2D eigenvalue weighted by atomic mass is 16.6. The Hall–Kier alpha value is -4.07. The van der Waals surface area contributed by atoms with Gasteiger partial charge in [-0.1, -0.05) is 12.1 Å². The van der Waals surface area contributed by atoms with Gasteiger partial charge in [-0.3, -0.25) is 9.97 Å². The number of nitrogens with one attached hydrogen (secondary N) is 1. The van der Waals surface area contributed by atoms with Crippen molar-refractivity contribution in [2.75, 3.05) is 39.2 Å². The molecule has 8 heteroatoms. The number of H-pyrrole nitrogens is 1. The summed E-state index contributed by atoms with van der Waals surface area (Å²) in [6.07, 6.45) is 4.85. The van der Waals surface area contributed by atoms with Gasteiger partial charge in [0.1, 0.15) is 18.0 Å². The zero-order valence-corrected chi connectivity index (χ0v) is 21.7. The molecule has 0 unspecified atom stereocenters. The number of carbonyl (C=O) groups is 1. The predicted molar refractivity (Wildman–Crippen MR) is 143 cm³/mol. The molecule has 4 aromatic rings. The summed E-state index contributed by atoms with van der Waals surface area (Å²) >= 11 is 0. The number of hydrogen-bond acceptors (Lipinski definition) is 6. The van der Waals surface area contributed by atoms with E-state index in [-0.39, 0.29) is 6.09 Å². The molecule has 0 aliphatic heterocycles. The van der Waals surface area contributed by atoms with Crippen LogP contribution in [0.3, 0.4) is 0 Å². The van der Waals surface area contributed by atoms with Gasteiger partial charge in [0.2, 0.25) is 0 Å². The Morgan fingerprint density at radius 1 is 1.03 bits per heavy atom. The van der Waals surface area contributed by atoms with Crippen LogP contribution in [0.2, 0.25) is 0 Å². The van der Waals surface area contributed by atoms with Crippen LogP contribution in [0.25, 0.3) is 33.4 Å². The lowest BCUT2D eigenvalue weighted by molar-refractivity contribution is 0.0278. The number of aromatic nitrogens is 3. The molecule has 0 radical (unpaired) electrons. The van der Waals surface area contributed by atoms with E-state index >= 15 is 0 Å². The van der Waals surface area contributed by atoms with Gasteiger partial charge in [0.05, 0.1) is 29.5 Å². The molecule has 0 aliphatic rings. The topological polar surface area (TPSA) is 83.6 Å². The summed E-state index contributed by atoms with van der Waals surface area (Å²) in [5, 5.41) is 0. The molecule has 1 aromatic carbocycles. The third kappa shape index (κ3) is 5.59. The minimum atomic E-state index is -0.548. The van der Waals surface area contributed by atoms with Crippen LogP contribution in [0.4, 0.5) is 10.5 Å². The highest BCUT2D eigenvalue weighted by Crippen LogP contribution is 2.40. The Morgan fingerprint density at radius 2 is 1.78 bits per heavy atom. The molecule has 8 nitrogen and oxygen atoms in total. The molecule has 3 aromatic heterocycles. The number of benzene rings is 1. The van der Waals surface area contributed by atoms with Crippen LogP contribution < -0.4 is 9.64 Å². The lowest BCUT2D eigenvalue weighted by atomic mass is 10.00. The number of carbonyl (C=O) groups excluding carboxylic acids is 1. The lowest BCUT2D eigenvalue weighted by Crippen LogP contribution is -2.36. The molecule has 0 saturated carbocycles. The van der Waals surface area contributed by atoms with Crippen molar-refractivity contribution >= 4 is 22.8 Å². The number of pyridine rings is 2. The molecule has 0 aliphatic carbocycles. The van der Waals surface area contributed by atoms with E-state index in [9.17, 15) is 4.79 Å². The molecular weight excluding hydrogens is 454 g/mol. The summed E-state index contributed by atoms with van der Waals surface area (Å²) in [6.45, 7) is 6.20. The van der Waals surface area contributed by atoms with Crippen molar-refractivity contribution in [3.05, 3.63) is 61.1 Å². The van der Waals surface area contributed by atoms with Crippen molar-refractivity contribution in [2.24, 2.45) is 0 Å². The van der Waals surface area contributed by atoms with Gasteiger partial charge in [0, 0.05) is 50.4 Å². The molecule has 0 saturated heterocycles. The van der Waals surface area contributed by atoms with Crippen molar-refractivity contribution in [1.82, 2.24) is 19.9 Å². The second-order valence-corrected chi connectivity index (χ2v) is 9.84. The van der Waals surface area contributed by atoms with Crippen molar-refractivity contribution < 1.29 is 14.3 Å². The third-order valence-electron chi connectivity index (χ3n) is 5.67. The monoisotopic (exact) mass is 487 g/mol. The van der Waals surface area contributed by atoms with E-state index in [0.29, 0.717) is 18.9 Å². The average molecular weight is 488 g/mol. The maximum absolute atomic E-state index is 12.3. The van der Waals surface area contributed by atoms with Crippen LogP contribution in [0.15, 0.2) is 61.1 Å². The number of likely N-dealkylation sites (N-methyl/N-ethyl adjacent to an activating group) is 1. The first-order chi connectivity index (χ1) is 17.1. The van der Waals surface area contributed by atoms with Crippen LogP contribution in [-0.2, 0) is 4.74 Å². The van der Waals surface area contributed by atoms with Gasteiger partial charge < -0.3 is 24.3 Å². The fourth-order valence-electron chi connectivity index (χ4n) is 3.86. The Bertz CT molecular complexity index is 1340. The van der Waals surface area contributed by atoms with Crippen molar-refractivity contribution in [3.8, 4) is 28.1 Å². The summed E-state index contributed by atoms with van der Waals surface area (Å²) in [4.78, 5) is 28.3. The molecule has 36 heavy (non-hydrogen) atoms. The fourth-order valence-corrected chi connectivity index (χ4v) is 3.86. The number of hydrogen-bond donors (Lipinski definition) is 1. The molecular formula is C28H33N5O3. The normalized spacial score (nSPS) is 11.4. The van der Waals surface area contributed by atoms with Crippen LogP contribution in [0.1, 0.15) is 20.8 Å². The van der Waals surface area contributed by atoms with Crippen molar-refractivity contribution in [2.45, 2.75) is 26.4 Å².